The smallest absolute Gasteiger partial charge is 0.261 e. The molecule has 0 radical (unpaired) electrons. The van der Waals surface area contributed by atoms with E-state index in [1.807, 2.05) is 42.6 Å². The molecule has 1 unspecified atom stereocenters. The van der Waals surface area contributed by atoms with Gasteiger partial charge in [-0.1, -0.05) is 48.9 Å². The van der Waals surface area contributed by atoms with Gasteiger partial charge in [-0.05, 0) is 55.0 Å². The summed E-state index contributed by atoms with van der Waals surface area (Å²) in [7, 11) is 0. The Balaban J connectivity index is 1.61. The van der Waals surface area contributed by atoms with E-state index >= 15 is 0 Å². The van der Waals surface area contributed by atoms with E-state index in [2.05, 4.69) is 43.4 Å². The number of thiophene rings is 1. The van der Waals surface area contributed by atoms with Crippen molar-refractivity contribution >= 4 is 17.2 Å². The highest BCUT2D eigenvalue weighted by molar-refractivity contribution is 7.12. The SMILES string of the molecule is CCC(NC(=O)c1cc(COc2cccc(C)c2)cs1)c1ccc(C)cc1. The molecule has 1 atom stereocenters. The molecule has 3 nitrogen and oxygen atoms in total. The van der Waals surface area contributed by atoms with Crippen LogP contribution in [-0.2, 0) is 6.61 Å². The predicted octanol–water partition coefficient (Wildman–Crippen LogP) is 5.83. The van der Waals surface area contributed by atoms with E-state index < -0.39 is 0 Å². The Bertz CT molecular complexity index is 899. The van der Waals surface area contributed by atoms with E-state index in [9.17, 15) is 4.79 Å². The minimum Gasteiger partial charge on any atom is -0.489 e. The molecule has 3 rings (SSSR count). The monoisotopic (exact) mass is 379 g/mol. The summed E-state index contributed by atoms with van der Waals surface area (Å²) in [5, 5.41) is 5.13. The molecule has 0 aliphatic carbocycles. The first-order chi connectivity index (χ1) is 13.0. The second-order valence-corrected chi connectivity index (χ2v) is 7.68. The molecule has 1 N–H and O–H groups in total. The van der Waals surface area contributed by atoms with Gasteiger partial charge in [-0.15, -0.1) is 11.3 Å². The summed E-state index contributed by atoms with van der Waals surface area (Å²) in [6.07, 6.45) is 0.851. The second-order valence-electron chi connectivity index (χ2n) is 6.77. The molecule has 2 aromatic carbocycles. The van der Waals surface area contributed by atoms with E-state index in [4.69, 9.17) is 4.74 Å². The molecular formula is C23H25NO2S. The molecule has 4 heteroatoms. The number of aryl methyl sites for hydroxylation is 2. The third-order valence-corrected chi connectivity index (χ3v) is 5.44. The summed E-state index contributed by atoms with van der Waals surface area (Å²) < 4.78 is 5.82. The molecular weight excluding hydrogens is 354 g/mol. The van der Waals surface area contributed by atoms with Crippen LogP contribution in [0.1, 0.15) is 51.3 Å². The zero-order valence-corrected chi connectivity index (χ0v) is 16.8. The molecule has 0 saturated heterocycles. The van der Waals surface area contributed by atoms with Gasteiger partial charge in [0.15, 0.2) is 0 Å². The van der Waals surface area contributed by atoms with Crippen molar-refractivity contribution in [2.45, 2.75) is 39.8 Å². The molecule has 0 aliphatic heterocycles. The lowest BCUT2D eigenvalue weighted by Gasteiger charge is -2.17. The molecule has 140 valence electrons. The lowest BCUT2D eigenvalue weighted by atomic mass is 10.0. The standard InChI is InChI=1S/C23H25NO2S/c1-4-21(19-10-8-16(2)9-11-19)24-23(25)22-13-18(15-27-22)14-26-20-7-5-6-17(3)12-20/h5-13,15,21H,4,14H2,1-3H3,(H,24,25). The van der Waals surface area contributed by atoms with Gasteiger partial charge in [0, 0.05) is 5.56 Å². The van der Waals surface area contributed by atoms with Crippen molar-refractivity contribution in [1.82, 2.24) is 5.32 Å². The molecule has 0 spiro atoms. The zero-order chi connectivity index (χ0) is 19.2. The van der Waals surface area contributed by atoms with Crippen LogP contribution >= 0.6 is 11.3 Å². The minimum atomic E-state index is -0.0331. The highest BCUT2D eigenvalue weighted by Crippen LogP contribution is 2.21. The predicted molar refractivity (Wildman–Crippen MR) is 112 cm³/mol. The molecule has 1 aromatic heterocycles. The van der Waals surface area contributed by atoms with Crippen LogP contribution in [-0.4, -0.2) is 5.91 Å². The average Bonchev–Trinajstić information content (AvgIpc) is 3.14. The maximum Gasteiger partial charge on any atom is 0.261 e. The summed E-state index contributed by atoms with van der Waals surface area (Å²) in [6, 6.07) is 18.2. The van der Waals surface area contributed by atoms with Crippen LogP contribution in [0.2, 0.25) is 0 Å². The van der Waals surface area contributed by atoms with Crippen molar-refractivity contribution < 1.29 is 9.53 Å². The fourth-order valence-corrected chi connectivity index (χ4v) is 3.69. The maximum absolute atomic E-state index is 12.6. The van der Waals surface area contributed by atoms with Crippen LogP contribution in [0.15, 0.2) is 60.0 Å². The number of rotatable bonds is 7. The number of hydrogen-bond acceptors (Lipinski definition) is 3. The molecule has 27 heavy (non-hydrogen) atoms. The topological polar surface area (TPSA) is 38.3 Å². The van der Waals surface area contributed by atoms with Crippen LogP contribution in [0.4, 0.5) is 0 Å². The van der Waals surface area contributed by atoms with Crippen molar-refractivity contribution in [3.8, 4) is 5.75 Å². The highest BCUT2D eigenvalue weighted by Gasteiger charge is 2.16. The van der Waals surface area contributed by atoms with Crippen molar-refractivity contribution in [2.75, 3.05) is 0 Å². The molecule has 0 bridgehead atoms. The fourth-order valence-electron chi connectivity index (χ4n) is 2.89. The van der Waals surface area contributed by atoms with E-state index in [0.29, 0.717) is 11.5 Å². The molecule has 1 heterocycles. The summed E-state index contributed by atoms with van der Waals surface area (Å²) in [5.41, 5.74) is 4.53. The first-order valence-electron chi connectivity index (χ1n) is 9.19. The highest BCUT2D eigenvalue weighted by atomic mass is 32.1. The number of hydrogen-bond donors (Lipinski definition) is 1. The van der Waals surface area contributed by atoms with E-state index in [-0.39, 0.29) is 11.9 Å². The van der Waals surface area contributed by atoms with Gasteiger partial charge in [-0.25, -0.2) is 0 Å². The molecule has 1 amide bonds. The van der Waals surface area contributed by atoms with Gasteiger partial charge >= 0.3 is 0 Å². The zero-order valence-electron chi connectivity index (χ0n) is 16.0. The van der Waals surface area contributed by atoms with Gasteiger partial charge in [0.2, 0.25) is 0 Å². The lowest BCUT2D eigenvalue weighted by Crippen LogP contribution is -2.27. The second kappa shape index (κ2) is 8.87. The first-order valence-corrected chi connectivity index (χ1v) is 10.1. The van der Waals surface area contributed by atoms with Gasteiger partial charge < -0.3 is 10.1 Å². The van der Waals surface area contributed by atoms with Crippen molar-refractivity contribution in [3.05, 3.63) is 87.1 Å². The summed E-state index contributed by atoms with van der Waals surface area (Å²) >= 11 is 1.45. The van der Waals surface area contributed by atoms with Gasteiger partial charge in [0.05, 0.1) is 10.9 Å². The Morgan fingerprint density at radius 3 is 2.56 bits per heavy atom. The molecule has 0 fully saturated rings. The Labute approximate surface area is 165 Å². The van der Waals surface area contributed by atoms with E-state index in [1.165, 1.54) is 22.5 Å². The van der Waals surface area contributed by atoms with Gasteiger partial charge in [0.25, 0.3) is 5.91 Å². The molecule has 3 aromatic rings. The van der Waals surface area contributed by atoms with E-state index in [1.54, 1.807) is 0 Å². The Kier molecular flexibility index (Phi) is 6.30. The van der Waals surface area contributed by atoms with Gasteiger partial charge in [0.1, 0.15) is 12.4 Å². The van der Waals surface area contributed by atoms with Crippen molar-refractivity contribution in [3.63, 3.8) is 0 Å². The number of nitrogens with one attached hydrogen (secondary N) is 1. The summed E-state index contributed by atoms with van der Waals surface area (Å²) in [5.74, 6) is 0.812. The number of carbonyl (C=O) groups is 1. The summed E-state index contributed by atoms with van der Waals surface area (Å²) in [6.45, 7) is 6.65. The number of ether oxygens (including phenoxy) is 1. The Morgan fingerprint density at radius 2 is 1.85 bits per heavy atom. The maximum atomic E-state index is 12.6. The van der Waals surface area contributed by atoms with Gasteiger partial charge in [-0.3, -0.25) is 4.79 Å². The van der Waals surface area contributed by atoms with Crippen LogP contribution in [0.5, 0.6) is 5.75 Å². The normalized spacial score (nSPS) is 11.8. The van der Waals surface area contributed by atoms with E-state index in [0.717, 1.165) is 23.3 Å². The van der Waals surface area contributed by atoms with Crippen LogP contribution in [0.3, 0.4) is 0 Å². The molecule has 0 saturated carbocycles. The third kappa shape index (κ3) is 5.20. The number of carbonyl (C=O) groups excluding carboxylic acids is 1. The van der Waals surface area contributed by atoms with Crippen LogP contribution < -0.4 is 10.1 Å². The molecule has 0 aliphatic rings. The van der Waals surface area contributed by atoms with Crippen molar-refractivity contribution in [1.29, 1.82) is 0 Å². The van der Waals surface area contributed by atoms with Crippen molar-refractivity contribution in [2.24, 2.45) is 0 Å². The lowest BCUT2D eigenvalue weighted by molar-refractivity contribution is 0.0939. The largest absolute Gasteiger partial charge is 0.489 e. The Morgan fingerprint density at radius 1 is 1.07 bits per heavy atom. The minimum absolute atomic E-state index is 0.0205. The van der Waals surface area contributed by atoms with Gasteiger partial charge in [-0.2, -0.15) is 0 Å². The Hall–Kier alpha value is -2.59. The van der Waals surface area contributed by atoms with Crippen LogP contribution in [0, 0.1) is 13.8 Å². The van der Waals surface area contributed by atoms with Crippen LogP contribution in [0.25, 0.3) is 0 Å². The fraction of sp³-hybridized carbons (Fsp3) is 0.261. The summed E-state index contributed by atoms with van der Waals surface area (Å²) in [4.78, 5) is 13.4. The number of benzene rings is 2. The quantitative estimate of drug-likeness (QED) is 0.561. The average molecular weight is 380 g/mol. The number of amides is 1. The third-order valence-electron chi connectivity index (χ3n) is 4.47. The first kappa shape index (κ1) is 19.2.